The molecule has 0 spiro atoms. The summed E-state index contributed by atoms with van der Waals surface area (Å²) in [6.45, 7) is 0.749. The lowest BCUT2D eigenvalue weighted by Crippen LogP contribution is -2.61. The van der Waals surface area contributed by atoms with Crippen LogP contribution in [-0.4, -0.2) is 42.4 Å². The minimum Gasteiger partial charge on any atom is -0.465 e. The molecule has 0 aliphatic carbocycles. The zero-order valence-corrected chi connectivity index (χ0v) is 15.1. The Bertz CT molecular complexity index is 636. The molecule has 2 amide bonds. The van der Waals surface area contributed by atoms with Crippen LogP contribution in [0.4, 0.5) is 4.79 Å². The number of amides is 2. The fourth-order valence-electron chi connectivity index (χ4n) is 2.63. The van der Waals surface area contributed by atoms with Gasteiger partial charge in [-0.15, -0.1) is 0 Å². The van der Waals surface area contributed by atoms with E-state index in [0.29, 0.717) is 13.2 Å². The predicted octanol–water partition coefficient (Wildman–Crippen LogP) is 1.83. The number of hydrogen-bond acceptors (Lipinski definition) is 4. The smallest absolute Gasteiger partial charge is 0.405 e. The molecule has 1 aromatic carbocycles. The van der Waals surface area contributed by atoms with Crippen molar-refractivity contribution in [3.63, 3.8) is 0 Å². The third kappa shape index (κ3) is 4.58. The summed E-state index contributed by atoms with van der Waals surface area (Å²) >= 11 is 2.18. The van der Waals surface area contributed by atoms with Gasteiger partial charge in [0.1, 0.15) is 5.54 Å². The molecule has 0 aromatic heterocycles. The first-order chi connectivity index (χ1) is 11.5. The molecule has 8 heteroatoms. The highest BCUT2D eigenvalue weighted by Crippen LogP contribution is 2.22. The van der Waals surface area contributed by atoms with Crippen LogP contribution >= 0.6 is 22.6 Å². The van der Waals surface area contributed by atoms with Gasteiger partial charge < -0.3 is 20.5 Å². The summed E-state index contributed by atoms with van der Waals surface area (Å²) in [4.78, 5) is 23.6. The second kappa shape index (κ2) is 8.30. The van der Waals surface area contributed by atoms with Gasteiger partial charge in [0.05, 0.1) is 12.0 Å². The Morgan fingerprint density at radius 2 is 1.96 bits per heavy atom. The normalized spacial score (nSPS) is 17.3. The lowest BCUT2D eigenvalue weighted by atomic mass is 9.88. The zero-order valence-electron chi connectivity index (χ0n) is 12.9. The maximum atomic E-state index is 12.6. The largest absolute Gasteiger partial charge is 0.465 e. The summed E-state index contributed by atoms with van der Waals surface area (Å²) in [7, 11) is 0. The molecule has 1 aliphatic rings. The average molecular weight is 443 g/mol. The topological polar surface area (TPSA) is 111 Å². The van der Waals surface area contributed by atoms with Crippen molar-refractivity contribution in [2.24, 2.45) is 0 Å². The molecule has 7 nitrogen and oxygen atoms in total. The summed E-state index contributed by atoms with van der Waals surface area (Å²) in [5, 5.41) is 23.4. The van der Waals surface area contributed by atoms with Crippen LogP contribution in [0.5, 0.6) is 0 Å². The monoisotopic (exact) mass is 443 g/mol. The SMILES string of the molecule is N#CC(CNC(=O)C1(NC(=O)O)CCOCC1)c1ccc(I)cc1. The van der Waals surface area contributed by atoms with Gasteiger partial charge in [0, 0.05) is 36.2 Å². The highest BCUT2D eigenvalue weighted by Gasteiger charge is 2.41. The number of carboxylic acid groups (broad SMARTS) is 1. The molecule has 1 unspecified atom stereocenters. The van der Waals surface area contributed by atoms with Crippen molar-refractivity contribution in [1.82, 2.24) is 10.6 Å². The Labute approximate surface area is 153 Å². The number of hydrogen-bond donors (Lipinski definition) is 3. The predicted molar refractivity (Wildman–Crippen MR) is 94.5 cm³/mol. The Morgan fingerprint density at radius 3 is 2.50 bits per heavy atom. The van der Waals surface area contributed by atoms with E-state index in [0.717, 1.165) is 9.13 Å². The molecule has 0 radical (unpaired) electrons. The van der Waals surface area contributed by atoms with Crippen molar-refractivity contribution in [2.45, 2.75) is 24.3 Å². The van der Waals surface area contributed by atoms with Crippen molar-refractivity contribution in [1.29, 1.82) is 5.26 Å². The number of nitrogens with one attached hydrogen (secondary N) is 2. The third-order valence-electron chi connectivity index (χ3n) is 4.02. The molecule has 128 valence electrons. The number of carbonyl (C=O) groups excluding carboxylic acids is 1. The van der Waals surface area contributed by atoms with Crippen molar-refractivity contribution in [3.8, 4) is 6.07 Å². The molecule has 1 aliphatic heterocycles. The molecule has 0 saturated carbocycles. The molecule has 1 atom stereocenters. The number of benzene rings is 1. The van der Waals surface area contributed by atoms with E-state index >= 15 is 0 Å². The summed E-state index contributed by atoms with van der Waals surface area (Å²) in [6.07, 6.45) is -0.709. The van der Waals surface area contributed by atoms with E-state index in [1.54, 1.807) is 0 Å². The molecule has 2 rings (SSSR count). The first kappa shape index (κ1) is 18.5. The van der Waals surface area contributed by atoms with Gasteiger partial charge in [-0.3, -0.25) is 4.79 Å². The summed E-state index contributed by atoms with van der Waals surface area (Å²) in [6, 6.07) is 9.66. The van der Waals surface area contributed by atoms with E-state index in [4.69, 9.17) is 9.84 Å². The van der Waals surface area contributed by atoms with Crippen LogP contribution in [0.15, 0.2) is 24.3 Å². The van der Waals surface area contributed by atoms with E-state index in [1.807, 2.05) is 24.3 Å². The highest BCUT2D eigenvalue weighted by atomic mass is 127. The van der Waals surface area contributed by atoms with Gasteiger partial charge in [0.2, 0.25) is 5.91 Å². The molecule has 24 heavy (non-hydrogen) atoms. The van der Waals surface area contributed by atoms with Crippen LogP contribution in [0.1, 0.15) is 24.3 Å². The van der Waals surface area contributed by atoms with E-state index in [2.05, 4.69) is 39.3 Å². The quantitative estimate of drug-likeness (QED) is 0.602. The second-order valence-electron chi connectivity index (χ2n) is 5.57. The Kier molecular flexibility index (Phi) is 6.39. The molecular weight excluding hydrogens is 425 g/mol. The standard InChI is InChI=1S/C16H18IN3O4/c17-13-3-1-11(2-4-13)12(9-18)10-19-14(21)16(20-15(22)23)5-7-24-8-6-16/h1-4,12,20H,5-8,10H2,(H,19,21)(H,22,23). The number of ether oxygens (including phenoxy) is 1. The second-order valence-corrected chi connectivity index (χ2v) is 6.81. The van der Waals surface area contributed by atoms with E-state index in [1.165, 1.54) is 0 Å². The van der Waals surface area contributed by atoms with Gasteiger partial charge in [-0.1, -0.05) is 12.1 Å². The maximum absolute atomic E-state index is 12.6. The Hall–Kier alpha value is -1.86. The summed E-state index contributed by atoms with van der Waals surface area (Å²) in [5.74, 6) is -0.911. The Balaban J connectivity index is 2.04. The lowest BCUT2D eigenvalue weighted by molar-refractivity contribution is -0.131. The summed E-state index contributed by atoms with van der Waals surface area (Å²) < 4.78 is 6.28. The molecule has 3 N–H and O–H groups in total. The number of halogens is 1. The maximum Gasteiger partial charge on any atom is 0.405 e. The number of nitriles is 1. The molecule has 0 bridgehead atoms. The first-order valence-corrected chi connectivity index (χ1v) is 8.57. The molecule has 1 saturated heterocycles. The van der Waals surface area contributed by atoms with Gasteiger partial charge in [0.25, 0.3) is 0 Å². The van der Waals surface area contributed by atoms with Crippen LogP contribution < -0.4 is 10.6 Å². The van der Waals surface area contributed by atoms with Crippen molar-refractivity contribution in [2.75, 3.05) is 19.8 Å². The molecular formula is C16H18IN3O4. The van der Waals surface area contributed by atoms with Crippen LogP contribution in [0.2, 0.25) is 0 Å². The third-order valence-corrected chi connectivity index (χ3v) is 4.74. The van der Waals surface area contributed by atoms with Crippen molar-refractivity contribution in [3.05, 3.63) is 33.4 Å². The molecule has 1 heterocycles. The minimum absolute atomic E-state index is 0.125. The van der Waals surface area contributed by atoms with Gasteiger partial charge in [0.15, 0.2) is 0 Å². The van der Waals surface area contributed by atoms with Crippen LogP contribution in [0.3, 0.4) is 0 Å². The Morgan fingerprint density at radius 1 is 1.33 bits per heavy atom. The molecule has 1 fully saturated rings. The number of rotatable bonds is 5. The lowest BCUT2D eigenvalue weighted by Gasteiger charge is -2.35. The van der Waals surface area contributed by atoms with Crippen molar-refractivity contribution < 1.29 is 19.4 Å². The van der Waals surface area contributed by atoms with Gasteiger partial charge >= 0.3 is 6.09 Å². The van der Waals surface area contributed by atoms with Crippen LogP contribution in [-0.2, 0) is 9.53 Å². The fraction of sp³-hybridized carbons (Fsp3) is 0.438. The molecule has 1 aromatic rings. The highest BCUT2D eigenvalue weighted by molar-refractivity contribution is 14.1. The van der Waals surface area contributed by atoms with E-state index in [9.17, 15) is 14.9 Å². The van der Waals surface area contributed by atoms with Crippen LogP contribution in [0.25, 0.3) is 0 Å². The average Bonchev–Trinajstić information content (AvgIpc) is 2.57. The van der Waals surface area contributed by atoms with E-state index in [-0.39, 0.29) is 19.4 Å². The fourth-order valence-corrected chi connectivity index (χ4v) is 2.99. The van der Waals surface area contributed by atoms with Crippen LogP contribution in [0, 0.1) is 14.9 Å². The summed E-state index contributed by atoms with van der Waals surface area (Å²) in [5.41, 5.74) is -0.388. The first-order valence-electron chi connectivity index (χ1n) is 7.49. The minimum atomic E-state index is -1.25. The van der Waals surface area contributed by atoms with Gasteiger partial charge in [-0.25, -0.2) is 4.79 Å². The zero-order chi connectivity index (χ0) is 17.6. The van der Waals surface area contributed by atoms with Crippen molar-refractivity contribution >= 4 is 34.6 Å². The number of carbonyl (C=O) groups is 2. The van der Waals surface area contributed by atoms with E-state index < -0.39 is 23.5 Å². The number of nitrogens with zero attached hydrogens (tertiary/aromatic N) is 1. The van der Waals surface area contributed by atoms with Gasteiger partial charge in [-0.2, -0.15) is 5.26 Å². The van der Waals surface area contributed by atoms with Gasteiger partial charge in [-0.05, 0) is 40.3 Å².